The average molecular weight is 432 g/mol. The molecule has 158 valence electrons. The number of hydrogen-bond acceptors (Lipinski definition) is 4. The Morgan fingerprint density at radius 3 is 2.48 bits per heavy atom. The number of nitrogens with one attached hydrogen (secondary N) is 1. The first-order chi connectivity index (χ1) is 15.1. The molecule has 5 nitrogen and oxygen atoms in total. The van der Waals surface area contributed by atoms with Crippen molar-refractivity contribution >= 4 is 23.3 Å². The monoisotopic (exact) mass is 431 g/mol. The molecule has 2 aliphatic heterocycles. The van der Waals surface area contributed by atoms with Crippen LogP contribution in [0.4, 0.5) is 4.79 Å². The fourth-order valence-corrected chi connectivity index (χ4v) is 5.70. The molecule has 1 N–H and O–H groups in total. The molecule has 2 aliphatic rings. The summed E-state index contributed by atoms with van der Waals surface area (Å²) in [6.45, 7) is 3.28. The zero-order valence-electron chi connectivity index (χ0n) is 17.5. The Labute approximate surface area is 186 Å². The van der Waals surface area contributed by atoms with Crippen molar-refractivity contribution in [1.82, 2.24) is 15.1 Å². The van der Waals surface area contributed by atoms with Crippen LogP contribution in [0.25, 0.3) is 0 Å². The van der Waals surface area contributed by atoms with E-state index in [1.807, 2.05) is 60.7 Å². The normalized spacial score (nSPS) is 23.6. The van der Waals surface area contributed by atoms with E-state index in [9.17, 15) is 9.59 Å². The lowest BCUT2D eigenvalue weighted by molar-refractivity contribution is -0.133. The molecule has 1 aromatic heterocycles. The van der Waals surface area contributed by atoms with E-state index in [0.717, 1.165) is 24.1 Å². The third-order valence-corrected chi connectivity index (χ3v) is 7.48. The van der Waals surface area contributed by atoms with E-state index in [-0.39, 0.29) is 18.0 Å². The van der Waals surface area contributed by atoms with Crippen LogP contribution < -0.4 is 5.32 Å². The summed E-state index contributed by atoms with van der Waals surface area (Å²) in [5.41, 5.74) is 2.04. The first kappa shape index (κ1) is 20.0. The molecule has 6 heteroatoms. The van der Waals surface area contributed by atoms with Gasteiger partial charge in [0, 0.05) is 23.9 Å². The second-order valence-electron chi connectivity index (χ2n) is 8.28. The zero-order valence-corrected chi connectivity index (χ0v) is 18.3. The molecule has 2 unspecified atom stereocenters. The fourth-order valence-electron chi connectivity index (χ4n) is 4.73. The first-order valence-electron chi connectivity index (χ1n) is 10.6. The van der Waals surface area contributed by atoms with E-state index in [4.69, 9.17) is 0 Å². The van der Waals surface area contributed by atoms with Crippen molar-refractivity contribution in [3.8, 4) is 0 Å². The van der Waals surface area contributed by atoms with Crippen LogP contribution in [0.15, 0.2) is 72.1 Å². The van der Waals surface area contributed by atoms with Gasteiger partial charge in [0.1, 0.15) is 0 Å². The standard InChI is InChI=1S/C25H25N3O2S/c1-18-21-13-15-31-22(21)12-14-27(18)17-28-23(29)25(26-24(28)30,20-10-6-3-7-11-20)16-19-8-4-2-5-9-19/h2-11,13,15,18H,12,14,16-17H2,1H3,(H,26,30). The van der Waals surface area contributed by atoms with Crippen LogP contribution in [0.3, 0.4) is 0 Å². The fraction of sp³-hybridized carbons (Fsp3) is 0.280. The summed E-state index contributed by atoms with van der Waals surface area (Å²) < 4.78 is 0. The molecular formula is C25H25N3O2S. The van der Waals surface area contributed by atoms with E-state index < -0.39 is 5.54 Å². The summed E-state index contributed by atoms with van der Waals surface area (Å²) in [6.07, 6.45) is 1.37. The van der Waals surface area contributed by atoms with E-state index in [1.54, 1.807) is 11.3 Å². The predicted octanol–water partition coefficient (Wildman–Crippen LogP) is 4.31. The number of imide groups is 1. The third kappa shape index (κ3) is 3.46. The molecule has 1 saturated heterocycles. The minimum absolute atomic E-state index is 0.177. The molecule has 31 heavy (non-hydrogen) atoms. The molecule has 3 aromatic rings. The Morgan fingerprint density at radius 2 is 1.74 bits per heavy atom. The number of carbonyl (C=O) groups is 2. The van der Waals surface area contributed by atoms with Crippen molar-refractivity contribution in [1.29, 1.82) is 0 Å². The van der Waals surface area contributed by atoms with Gasteiger partial charge < -0.3 is 5.32 Å². The van der Waals surface area contributed by atoms with Gasteiger partial charge >= 0.3 is 6.03 Å². The van der Waals surface area contributed by atoms with Crippen LogP contribution in [0, 0.1) is 0 Å². The first-order valence-corrected chi connectivity index (χ1v) is 11.5. The van der Waals surface area contributed by atoms with Gasteiger partial charge in [-0.15, -0.1) is 11.3 Å². The largest absolute Gasteiger partial charge is 0.326 e. The number of amides is 3. The van der Waals surface area contributed by atoms with Gasteiger partial charge in [0.2, 0.25) is 0 Å². The highest BCUT2D eigenvalue weighted by atomic mass is 32.1. The van der Waals surface area contributed by atoms with Crippen LogP contribution in [0.5, 0.6) is 0 Å². The molecule has 0 saturated carbocycles. The molecule has 1 fully saturated rings. The van der Waals surface area contributed by atoms with Crippen LogP contribution in [0.2, 0.25) is 0 Å². The second-order valence-corrected chi connectivity index (χ2v) is 9.28. The summed E-state index contributed by atoms with van der Waals surface area (Å²) in [4.78, 5) is 32.0. The van der Waals surface area contributed by atoms with Gasteiger partial charge in [0.05, 0.1) is 6.67 Å². The molecule has 2 aromatic carbocycles. The predicted molar refractivity (Wildman–Crippen MR) is 122 cm³/mol. The molecule has 5 rings (SSSR count). The maximum Gasteiger partial charge on any atom is 0.326 e. The number of thiophene rings is 1. The Bertz CT molecular complexity index is 1100. The van der Waals surface area contributed by atoms with E-state index in [0.29, 0.717) is 13.1 Å². The highest BCUT2D eigenvalue weighted by Gasteiger charge is 2.52. The van der Waals surface area contributed by atoms with Gasteiger partial charge in [-0.2, -0.15) is 0 Å². The van der Waals surface area contributed by atoms with Crippen molar-refractivity contribution in [2.75, 3.05) is 13.2 Å². The van der Waals surface area contributed by atoms with Crippen molar-refractivity contribution < 1.29 is 9.59 Å². The second kappa shape index (κ2) is 7.94. The lowest BCUT2D eigenvalue weighted by Crippen LogP contribution is -2.48. The van der Waals surface area contributed by atoms with Gasteiger partial charge in [-0.1, -0.05) is 60.7 Å². The van der Waals surface area contributed by atoms with E-state index in [1.165, 1.54) is 15.3 Å². The highest BCUT2D eigenvalue weighted by molar-refractivity contribution is 7.10. The summed E-state index contributed by atoms with van der Waals surface area (Å²) in [7, 11) is 0. The van der Waals surface area contributed by atoms with Gasteiger partial charge in [-0.3, -0.25) is 9.69 Å². The molecule has 0 radical (unpaired) electrons. The maximum absolute atomic E-state index is 13.8. The molecule has 0 spiro atoms. The van der Waals surface area contributed by atoms with Gasteiger partial charge in [0.15, 0.2) is 5.54 Å². The molecule has 0 bridgehead atoms. The molecular weight excluding hydrogens is 406 g/mol. The molecule has 3 heterocycles. The van der Waals surface area contributed by atoms with Crippen LogP contribution >= 0.6 is 11.3 Å². The molecule has 2 atom stereocenters. The highest BCUT2D eigenvalue weighted by Crippen LogP contribution is 2.36. The number of rotatable bonds is 5. The Balaban J connectivity index is 1.46. The van der Waals surface area contributed by atoms with Crippen molar-refractivity contribution in [2.45, 2.75) is 31.3 Å². The number of fused-ring (bicyclic) bond motifs is 1. The Kier molecular flexibility index (Phi) is 5.12. The van der Waals surface area contributed by atoms with Crippen molar-refractivity contribution in [2.24, 2.45) is 0 Å². The minimum atomic E-state index is -1.09. The van der Waals surface area contributed by atoms with Gasteiger partial charge in [0.25, 0.3) is 5.91 Å². The van der Waals surface area contributed by atoms with Crippen LogP contribution in [-0.4, -0.2) is 35.0 Å². The summed E-state index contributed by atoms with van der Waals surface area (Å²) in [6, 6.07) is 21.5. The molecule has 3 amide bonds. The third-order valence-electron chi connectivity index (χ3n) is 6.48. The lowest BCUT2D eigenvalue weighted by Gasteiger charge is -2.35. The van der Waals surface area contributed by atoms with Crippen LogP contribution in [0.1, 0.15) is 34.5 Å². The quantitative estimate of drug-likeness (QED) is 0.613. The van der Waals surface area contributed by atoms with Crippen molar-refractivity contribution in [3.63, 3.8) is 0 Å². The van der Waals surface area contributed by atoms with E-state index >= 15 is 0 Å². The lowest BCUT2D eigenvalue weighted by atomic mass is 9.83. The maximum atomic E-state index is 13.8. The van der Waals surface area contributed by atoms with Gasteiger partial charge in [-0.05, 0) is 41.5 Å². The number of nitrogens with zero attached hydrogens (tertiary/aromatic N) is 2. The topological polar surface area (TPSA) is 52.6 Å². The number of urea groups is 1. The van der Waals surface area contributed by atoms with Crippen molar-refractivity contribution in [3.05, 3.63) is 93.7 Å². The molecule has 0 aliphatic carbocycles. The van der Waals surface area contributed by atoms with Gasteiger partial charge in [-0.25, -0.2) is 9.69 Å². The summed E-state index contributed by atoms with van der Waals surface area (Å²) >= 11 is 1.79. The van der Waals surface area contributed by atoms with E-state index in [2.05, 4.69) is 28.6 Å². The summed E-state index contributed by atoms with van der Waals surface area (Å²) in [5.74, 6) is -0.184. The zero-order chi connectivity index (χ0) is 21.4. The number of hydrogen-bond donors (Lipinski definition) is 1. The smallest absolute Gasteiger partial charge is 0.319 e. The Hall–Kier alpha value is -2.96. The van der Waals surface area contributed by atoms with Crippen LogP contribution in [-0.2, 0) is 23.2 Å². The average Bonchev–Trinajstić information content (AvgIpc) is 3.36. The summed E-state index contributed by atoms with van der Waals surface area (Å²) in [5, 5.41) is 5.19. The SMILES string of the molecule is CC1c2ccsc2CCN1CN1C(=O)NC(Cc2ccccc2)(c2ccccc2)C1=O. The number of benzene rings is 2. The Morgan fingerprint density at radius 1 is 1.03 bits per heavy atom. The minimum Gasteiger partial charge on any atom is -0.319 e. The number of carbonyl (C=O) groups excluding carboxylic acids is 2.